The summed E-state index contributed by atoms with van der Waals surface area (Å²) in [6, 6.07) is 3.45. The monoisotopic (exact) mass is 248 g/mol. The van der Waals surface area contributed by atoms with Crippen molar-refractivity contribution in [2.75, 3.05) is 6.54 Å². The van der Waals surface area contributed by atoms with Crippen LogP contribution in [0.25, 0.3) is 0 Å². The van der Waals surface area contributed by atoms with Crippen LogP contribution in [0.3, 0.4) is 0 Å². The fourth-order valence-electron chi connectivity index (χ4n) is 2.60. The second-order valence-corrected chi connectivity index (χ2v) is 4.81. The Hall–Kier alpha value is -1.58. The van der Waals surface area contributed by atoms with Crippen LogP contribution in [-0.2, 0) is 0 Å². The zero-order chi connectivity index (χ0) is 13.0. The summed E-state index contributed by atoms with van der Waals surface area (Å²) < 4.78 is 0. The van der Waals surface area contributed by atoms with Gasteiger partial charge in [0, 0.05) is 18.8 Å². The number of carbonyl (C=O) groups is 1. The van der Waals surface area contributed by atoms with E-state index < -0.39 is 0 Å². The second-order valence-electron chi connectivity index (χ2n) is 4.81. The third-order valence-electron chi connectivity index (χ3n) is 3.50. The normalized spacial score (nSPS) is 19.8. The van der Waals surface area contributed by atoms with Gasteiger partial charge in [0.15, 0.2) is 5.69 Å². The van der Waals surface area contributed by atoms with E-state index in [-0.39, 0.29) is 17.4 Å². The van der Waals surface area contributed by atoms with Gasteiger partial charge in [-0.25, -0.2) is 4.98 Å². The van der Waals surface area contributed by atoms with Crippen LogP contribution in [0.4, 0.5) is 0 Å². The number of likely N-dealkylation sites (tertiary alicyclic amines) is 1. The molecule has 1 aliphatic heterocycles. The van der Waals surface area contributed by atoms with E-state index in [0.29, 0.717) is 6.04 Å². The van der Waals surface area contributed by atoms with Crippen LogP contribution in [0.5, 0.6) is 5.75 Å². The van der Waals surface area contributed by atoms with Crippen molar-refractivity contribution in [3.8, 4) is 5.75 Å². The maximum Gasteiger partial charge on any atom is 0.276 e. The summed E-state index contributed by atoms with van der Waals surface area (Å²) in [6.07, 6.45) is 6.93. The molecule has 1 amide bonds. The highest BCUT2D eigenvalue weighted by Crippen LogP contribution is 2.24. The maximum atomic E-state index is 12.4. The lowest BCUT2D eigenvalue weighted by molar-refractivity contribution is 0.0591. The first kappa shape index (κ1) is 12.9. The van der Waals surface area contributed by atoms with Gasteiger partial charge >= 0.3 is 0 Å². The molecule has 1 fully saturated rings. The Morgan fingerprint density at radius 1 is 1.56 bits per heavy atom. The molecule has 2 heterocycles. The summed E-state index contributed by atoms with van der Waals surface area (Å²) >= 11 is 0. The highest BCUT2D eigenvalue weighted by Gasteiger charge is 2.28. The van der Waals surface area contributed by atoms with Gasteiger partial charge < -0.3 is 10.0 Å². The topological polar surface area (TPSA) is 53.4 Å². The Morgan fingerprint density at radius 2 is 2.39 bits per heavy atom. The number of hydrogen-bond donors (Lipinski definition) is 1. The van der Waals surface area contributed by atoms with Gasteiger partial charge in [-0.1, -0.05) is 13.3 Å². The van der Waals surface area contributed by atoms with E-state index in [4.69, 9.17) is 0 Å². The molecule has 1 aromatic rings. The highest BCUT2D eigenvalue weighted by atomic mass is 16.3. The number of rotatable bonds is 3. The molecule has 98 valence electrons. The predicted molar refractivity (Wildman–Crippen MR) is 69.5 cm³/mol. The summed E-state index contributed by atoms with van der Waals surface area (Å²) in [5.41, 5.74) is 0.181. The van der Waals surface area contributed by atoms with Crippen molar-refractivity contribution in [2.45, 2.75) is 45.1 Å². The average Bonchev–Trinajstić information content (AvgIpc) is 2.40. The largest absolute Gasteiger partial charge is 0.505 e. The van der Waals surface area contributed by atoms with Crippen LogP contribution < -0.4 is 0 Å². The molecule has 0 radical (unpaired) electrons. The predicted octanol–water partition coefficient (Wildman–Crippen LogP) is 2.58. The molecule has 18 heavy (non-hydrogen) atoms. The SMILES string of the molecule is CCCC1CCCCN1C(=O)c1ncccc1O. The van der Waals surface area contributed by atoms with Crippen LogP contribution in [0, 0.1) is 0 Å². The van der Waals surface area contributed by atoms with Crippen molar-refractivity contribution >= 4 is 5.91 Å². The number of aromatic hydroxyl groups is 1. The summed E-state index contributed by atoms with van der Waals surface area (Å²) in [7, 11) is 0. The Labute approximate surface area is 108 Å². The van der Waals surface area contributed by atoms with Crippen LogP contribution in [0.2, 0.25) is 0 Å². The van der Waals surface area contributed by atoms with Crippen LogP contribution in [-0.4, -0.2) is 33.5 Å². The van der Waals surface area contributed by atoms with Crippen molar-refractivity contribution < 1.29 is 9.90 Å². The minimum atomic E-state index is -0.133. The first-order valence-electron chi connectivity index (χ1n) is 6.69. The Bertz CT molecular complexity index is 418. The van der Waals surface area contributed by atoms with Crippen molar-refractivity contribution in [2.24, 2.45) is 0 Å². The fourth-order valence-corrected chi connectivity index (χ4v) is 2.60. The molecular formula is C14H20N2O2. The molecule has 0 bridgehead atoms. The molecule has 0 aliphatic carbocycles. The van der Waals surface area contributed by atoms with E-state index in [1.807, 2.05) is 4.90 Å². The van der Waals surface area contributed by atoms with E-state index in [2.05, 4.69) is 11.9 Å². The zero-order valence-corrected chi connectivity index (χ0v) is 10.8. The van der Waals surface area contributed by atoms with Gasteiger partial charge in [-0.2, -0.15) is 0 Å². The summed E-state index contributed by atoms with van der Waals surface area (Å²) in [4.78, 5) is 18.3. The summed E-state index contributed by atoms with van der Waals surface area (Å²) in [5.74, 6) is -0.158. The number of piperidine rings is 1. The fraction of sp³-hybridized carbons (Fsp3) is 0.571. The van der Waals surface area contributed by atoms with Gasteiger partial charge in [0.2, 0.25) is 0 Å². The molecule has 4 heteroatoms. The molecule has 1 unspecified atom stereocenters. The van der Waals surface area contributed by atoms with E-state index in [1.165, 1.54) is 12.5 Å². The minimum Gasteiger partial charge on any atom is -0.505 e. The maximum absolute atomic E-state index is 12.4. The van der Waals surface area contributed by atoms with Crippen LogP contribution in [0.15, 0.2) is 18.3 Å². The lowest BCUT2D eigenvalue weighted by Gasteiger charge is -2.35. The van der Waals surface area contributed by atoms with Gasteiger partial charge in [-0.15, -0.1) is 0 Å². The summed E-state index contributed by atoms with van der Waals surface area (Å²) in [5, 5.41) is 9.72. The lowest BCUT2D eigenvalue weighted by Crippen LogP contribution is -2.43. The van der Waals surface area contributed by atoms with Gasteiger partial charge in [0.1, 0.15) is 5.75 Å². The molecule has 1 saturated heterocycles. The van der Waals surface area contributed by atoms with Crippen molar-refractivity contribution in [3.05, 3.63) is 24.0 Å². The van der Waals surface area contributed by atoms with Gasteiger partial charge in [-0.05, 0) is 37.8 Å². The number of carbonyl (C=O) groups excluding carboxylic acids is 1. The van der Waals surface area contributed by atoms with Crippen LogP contribution in [0.1, 0.15) is 49.5 Å². The molecular weight excluding hydrogens is 228 g/mol. The average molecular weight is 248 g/mol. The van der Waals surface area contributed by atoms with Gasteiger partial charge in [0.25, 0.3) is 5.91 Å². The third-order valence-corrected chi connectivity index (χ3v) is 3.50. The first-order valence-corrected chi connectivity index (χ1v) is 6.69. The van der Waals surface area contributed by atoms with Gasteiger partial charge in [0.05, 0.1) is 0 Å². The lowest BCUT2D eigenvalue weighted by atomic mass is 9.97. The number of aromatic nitrogens is 1. The second kappa shape index (κ2) is 5.85. The molecule has 0 spiro atoms. The quantitative estimate of drug-likeness (QED) is 0.894. The highest BCUT2D eigenvalue weighted by molar-refractivity contribution is 5.95. The van der Waals surface area contributed by atoms with E-state index in [1.54, 1.807) is 12.3 Å². The minimum absolute atomic E-state index is 0.0247. The molecule has 1 atom stereocenters. The Kier molecular flexibility index (Phi) is 4.18. The molecule has 0 saturated carbocycles. The third kappa shape index (κ3) is 2.63. The molecule has 1 aliphatic rings. The van der Waals surface area contributed by atoms with E-state index >= 15 is 0 Å². The number of hydrogen-bond acceptors (Lipinski definition) is 3. The van der Waals surface area contributed by atoms with Crippen LogP contribution >= 0.6 is 0 Å². The summed E-state index contributed by atoms with van der Waals surface area (Å²) in [6.45, 7) is 2.91. The van der Waals surface area contributed by atoms with Crippen molar-refractivity contribution in [3.63, 3.8) is 0 Å². The van der Waals surface area contributed by atoms with Crippen molar-refractivity contribution in [1.29, 1.82) is 0 Å². The number of nitrogens with zero attached hydrogens (tertiary/aromatic N) is 2. The Balaban J connectivity index is 2.18. The number of pyridine rings is 1. The number of amides is 1. The molecule has 2 rings (SSSR count). The van der Waals surface area contributed by atoms with Gasteiger partial charge in [-0.3, -0.25) is 4.79 Å². The molecule has 0 aromatic carbocycles. The first-order chi connectivity index (χ1) is 8.74. The van der Waals surface area contributed by atoms with Crippen molar-refractivity contribution in [1.82, 2.24) is 9.88 Å². The molecule has 1 N–H and O–H groups in total. The standard InChI is InChI=1S/C14H20N2O2/c1-2-6-11-7-3-4-10-16(11)14(18)13-12(17)8-5-9-15-13/h5,8-9,11,17H,2-4,6-7,10H2,1H3. The Morgan fingerprint density at radius 3 is 3.11 bits per heavy atom. The van der Waals surface area contributed by atoms with E-state index in [0.717, 1.165) is 32.2 Å². The smallest absolute Gasteiger partial charge is 0.276 e. The zero-order valence-electron chi connectivity index (χ0n) is 10.8. The van der Waals surface area contributed by atoms with E-state index in [9.17, 15) is 9.90 Å². The molecule has 4 nitrogen and oxygen atoms in total. The molecule has 1 aromatic heterocycles.